The van der Waals surface area contributed by atoms with Gasteiger partial charge >= 0.3 is 5.97 Å². The molecule has 1 aromatic carbocycles. The summed E-state index contributed by atoms with van der Waals surface area (Å²) in [5.74, 6) is -0.185. The lowest BCUT2D eigenvalue weighted by molar-refractivity contribution is -0.139. The zero-order valence-electron chi connectivity index (χ0n) is 10.6. The van der Waals surface area contributed by atoms with Crippen LogP contribution in [0.15, 0.2) is 24.3 Å². The van der Waals surface area contributed by atoms with Crippen molar-refractivity contribution in [2.45, 2.75) is 25.5 Å². The topological polar surface area (TPSA) is 78.8 Å². The minimum atomic E-state index is -0.903. The molecule has 0 radical (unpaired) electrons. The third-order valence-corrected chi connectivity index (χ3v) is 2.76. The first-order valence-electron chi connectivity index (χ1n) is 5.86. The van der Waals surface area contributed by atoms with Crippen molar-refractivity contribution in [3.05, 3.63) is 29.8 Å². The van der Waals surface area contributed by atoms with Gasteiger partial charge in [-0.1, -0.05) is 19.1 Å². The van der Waals surface area contributed by atoms with Crippen LogP contribution >= 0.6 is 0 Å². The Balaban J connectivity index is 2.53. The fourth-order valence-corrected chi connectivity index (χ4v) is 1.60. The summed E-state index contributed by atoms with van der Waals surface area (Å²) in [6.45, 7) is 1.99. The summed E-state index contributed by atoms with van der Waals surface area (Å²) in [6.07, 6.45) is -0.255. The van der Waals surface area contributed by atoms with Crippen LogP contribution in [0.3, 0.4) is 0 Å². The first-order chi connectivity index (χ1) is 8.58. The van der Waals surface area contributed by atoms with Crippen molar-refractivity contribution in [2.24, 2.45) is 0 Å². The van der Waals surface area contributed by atoms with Crippen LogP contribution in [0.1, 0.15) is 25.0 Å². The molecule has 0 saturated carbocycles. The molecule has 0 aliphatic rings. The molecule has 2 unspecified atom stereocenters. The Labute approximate surface area is 106 Å². The summed E-state index contributed by atoms with van der Waals surface area (Å²) in [4.78, 5) is 10.8. The SMILES string of the molecule is CCC(NCC(O)c1ccc(OC)cc1)C(=O)O. The molecule has 18 heavy (non-hydrogen) atoms. The second-order valence-corrected chi connectivity index (χ2v) is 4.00. The highest BCUT2D eigenvalue weighted by atomic mass is 16.5. The molecule has 0 saturated heterocycles. The van der Waals surface area contributed by atoms with E-state index in [-0.39, 0.29) is 6.54 Å². The molecule has 0 aliphatic carbocycles. The van der Waals surface area contributed by atoms with E-state index in [9.17, 15) is 9.90 Å². The molecule has 0 fully saturated rings. The second kappa shape index (κ2) is 6.98. The molecule has 2 atom stereocenters. The number of carbonyl (C=O) groups is 1. The van der Waals surface area contributed by atoms with Gasteiger partial charge in [0.15, 0.2) is 0 Å². The van der Waals surface area contributed by atoms with Gasteiger partial charge in [-0.3, -0.25) is 4.79 Å². The minimum Gasteiger partial charge on any atom is -0.497 e. The highest BCUT2D eigenvalue weighted by molar-refractivity contribution is 5.73. The van der Waals surface area contributed by atoms with Gasteiger partial charge in [0, 0.05) is 6.54 Å². The number of hydrogen-bond acceptors (Lipinski definition) is 4. The Morgan fingerprint density at radius 2 is 2.00 bits per heavy atom. The molecule has 3 N–H and O–H groups in total. The van der Waals surface area contributed by atoms with Gasteiger partial charge in [-0.15, -0.1) is 0 Å². The summed E-state index contributed by atoms with van der Waals surface area (Å²) in [6, 6.07) is 6.40. The van der Waals surface area contributed by atoms with Gasteiger partial charge in [0.2, 0.25) is 0 Å². The standard InChI is InChI=1S/C13H19NO4/c1-3-11(13(16)17)14-8-12(15)9-4-6-10(18-2)7-5-9/h4-7,11-12,14-15H,3,8H2,1-2H3,(H,16,17). The molecule has 0 amide bonds. The van der Waals surface area contributed by atoms with Crippen LogP contribution in [0, 0.1) is 0 Å². The van der Waals surface area contributed by atoms with Crippen molar-refractivity contribution in [1.29, 1.82) is 0 Å². The maximum absolute atomic E-state index is 10.8. The normalized spacial score (nSPS) is 13.9. The number of methoxy groups -OCH3 is 1. The fourth-order valence-electron chi connectivity index (χ4n) is 1.60. The Hall–Kier alpha value is -1.59. The van der Waals surface area contributed by atoms with E-state index in [1.54, 1.807) is 38.3 Å². The van der Waals surface area contributed by atoms with Gasteiger partial charge in [-0.05, 0) is 24.1 Å². The lowest BCUT2D eigenvalue weighted by atomic mass is 10.1. The van der Waals surface area contributed by atoms with Gasteiger partial charge in [0.05, 0.1) is 13.2 Å². The number of aliphatic hydroxyl groups excluding tert-OH is 1. The van der Waals surface area contributed by atoms with Gasteiger partial charge < -0.3 is 20.3 Å². The average Bonchev–Trinajstić information content (AvgIpc) is 2.39. The lowest BCUT2D eigenvalue weighted by Crippen LogP contribution is -2.38. The van der Waals surface area contributed by atoms with E-state index in [0.29, 0.717) is 6.42 Å². The van der Waals surface area contributed by atoms with E-state index >= 15 is 0 Å². The van der Waals surface area contributed by atoms with Crippen LogP contribution in [0.25, 0.3) is 0 Å². The van der Waals surface area contributed by atoms with Crippen LogP contribution in [0.2, 0.25) is 0 Å². The average molecular weight is 253 g/mol. The van der Waals surface area contributed by atoms with Crippen molar-refractivity contribution in [1.82, 2.24) is 5.32 Å². The van der Waals surface area contributed by atoms with Crippen LogP contribution in [0.4, 0.5) is 0 Å². The highest BCUT2D eigenvalue weighted by Gasteiger charge is 2.16. The summed E-state index contributed by atoms with van der Waals surface area (Å²) in [5, 5.41) is 21.6. The fraction of sp³-hybridized carbons (Fsp3) is 0.462. The van der Waals surface area contributed by atoms with Crippen molar-refractivity contribution in [3.8, 4) is 5.75 Å². The Kier molecular flexibility index (Phi) is 5.61. The molecule has 0 bridgehead atoms. The third-order valence-electron chi connectivity index (χ3n) is 2.76. The van der Waals surface area contributed by atoms with Gasteiger partial charge in [-0.2, -0.15) is 0 Å². The van der Waals surface area contributed by atoms with E-state index in [1.807, 2.05) is 0 Å². The van der Waals surface area contributed by atoms with Gasteiger partial charge in [0.1, 0.15) is 11.8 Å². The van der Waals surface area contributed by atoms with E-state index in [1.165, 1.54) is 0 Å². The zero-order valence-corrected chi connectivity index (χ0v) is 10.6. The number of carboxylic acids is 1. The highest BCUT2D eigenvalue weighted by Crippen LogP contribution is 2.17. The molecule has 0 spiro atoms. The first-order valence-corrected chi connectivity index (χ1v) is 5.86. The van der Waals surface area contributed by atoms with E-state index < -0.39 is 18.1 Å². The number of benzene rings is 1. The van der Waals surface area contributed by atoms with Crippen molar-refractivity contribution >= 4 is 5.97 Å². The van der Waals surface area contributed by atoms with Crippen LogP contribution < -0.4 is 10.1 Å². The summed E-state index contributed by atoms with van der Waals surface area (Å²) >= 11 is 0. The molecule has 5 heteroatoms. The number of ether oxygens (including phenoxy) is 1. The summed E-state index contributed by atoms with van der Waals surface area (Å²) < 4.78 is 5.02. The number of rotatable bonds is 7. The van der Waals surface area contributed by atoms with Gasteiger partial charge in [0.25, 0.3) is 0 Å². The third kappa shape index (κ3) is 4.01. The largest absolute Gasteiger partial charge is 0.497 e. The molecule has 100 valence electrons. The van der Waals surface area contributed by atoms with E-state index in [0.717, 1.165) is 11.3 Å². The Morgan fingerprint density at radius 3 is 2.44 bits per heavy atom. The number of aliphatic carboxylic acids is 1. The maximum Gasteiger partial charge on any atom is 0.320 e. The van der Waals surface area contributed by atoms with Crippen molar-refractivity contribution < 1.29 is 19.7 Å². The summed E-state index contributed by atoms with van der Waals surface area (Å²) in [7, 11) is 1.58. The Morgan fingerprint density at radius 1 is 1.39 bits per heavy atom. The van der Waals surface area contributed by atoms with Crippen molar-refractivity contribution in [3.63, 3.8) is 0 Å². The predicted octanol–water partition coefficient (Wildman–Crippen LogP) is 1.18. The quantitative estimate of drug-likeness (QED) is 0.680. The molecule has 1 rings (SSSR count). The monoisotopic (exact) mass is 253 g/mol. The predicted molar refractivity (Wildman–Crippen MR) is 67.7 cm³/mol. The molecule has 0 aromatic heterocycles. The van der Waals surface area contributed by atoms with Crippen LogP contribution in [0.5, 0.6) is 5.75 Å². The van der Waals surface area contributed by atoms with Crippen LogP contribution in [-0.4, -0.2) is 35.9 Å². The maximum atomic E-state index is 10.8. The Bertz CT molecular complexity index is 377. The minimum absolute atomic E-state index is 0.205. The lowest BCUT2D eigenvalue weighted by Gasteiger charge is -2.16. The molecule has 0 heterocycles. The zero-order chi connectivity index (χ0) is 13.5. The number of nitrogens with one attached hydrogen (secondary N) is 1. The van der Waals surface area contributed by atoms with Gasteiger partial charge in [-0.25, -0.2) is 0 Å². The first kappa shape index (κ1) is 14.5. The molecular weight excluding hydrogens is 234 g/mol. The number of carboxylic acid groups (broad SMARTS) is 1. The van der Waals surface area contributed by atoms with E-state index in [4.69, 9.17) is 9.84 Å². The van der Waals surface area contributed by atoms with E-state index in [2.05, 4.69) is 5.32 Å². The smallest absolute Gasteiger partial charge is 0.320 e. The number of hydrogen-bond donors (Lipinski definition) is 3. The second-order valence-electron chi connectivity index (χ2n) is 4.00. The molecule has 5 nitrogen and oxygen atoms in total. The molecule has 0 aliphatic heterocycles. The molecule has 1 aromatic rings. The van der Waals surface area contributed by atoms with Crippen LogP contribution in [-0.2, 0) is 4.79 Å². The summed E-state index contributed by atoms with van der Waals surface area (Å²) in [5.41, 5.74) is 0.726. The van der Waals surface area contributed by atoms with Crippen molar-refractivity contribution in [2.75, 3.05) is 13.7 Å². The molecular formula is C13H19NO4. The number of aliphatic hydroxyl groups is 1.